The lowest BCUT2D eigenvalue weighted by molar-refractivity contribution is -0.0277. The normalized spacial score (nSPS) is 26.0. The summed E-state index contributed by atoms with van der Waals surface area (Å²) in [6.07, 6.45) is 0.798. The van der Waals surface area contributed by atoms with Crippen LogP contribution in [0.3, 0.4) is 0 Å². The summed E-state index contributed by atoms with van der Waals surface area (Å²) >= 11 is 0. The van der Waals surface area contributed by atoms with Crippen LogP contribution in [0.2, 0.25) is 0 Å². The third-order valence-corrected chi connectivity index (χ3v) is 4.43. The zero-order chi connectivity index (χ0) is 16.2. The van der Waals surface area contributed by atoms with E-state index in [2.05, 4.69) is 5.16 Å². The molecule has 2 bridgehead atoms. The Kier molecular flexibility index (Phi) is 3.02. The standard InChI is InChI=1S/C16H14F2N2O3/c1-16-6-10(7-22-16)20(8-16)15(21)14-5-13(19-23-14)11-3-2-9(17)4-12(11)18/h2-5,10H,6-8H2,1H3. The van der Waals surface area contributed by atoms with Gasteiger partial charge in [-0.1, -0.05) is 5.16 Å². The van der Waals surface area contributed by atoms with Gasteiger partial charge in [0.15, 0.2) is 0 Å². The fourth-order valence-electron chi connectivity index (χ4n) is 3.29. The zero-order valence-electron chi connectivity index (χ0n) is 12.4. The smallest absolute Gasteiger partial charge is 0.292 e. The predicted molar refractivity (Wildman–Crippen MR) is 75.7 cm³/mol. The third kappa shape index (κ3) is 2.31. The van der Waals surface area contributed by atoms with Gasteiger partial charge in [0, 0.05) is 24.1 Å². The van der Waals surface area contributed by atoms with Crippen molar-refractivity contribution in [1.29, 1.82) is 0 Å². The number of hydrogen-bond donors (Lipinski definition) is 0. The van der Waals surface area contributed by atoms with Gasteiger partial charge in [-0.2, -0.15) is 0 Å². The molecule has 2 aliphatic rings. The molecule has 2 saturated heterocycles. The molecule has 2 unspecified atom stereocenters. The first-order valence-electron chi connectivity index (χ1n) is 7.32. The molecule has 2 atom stereocenters. The maximum atomic E-state index is 13.8. The van der Waals surface area contributed by atoms with Crippen LogP contribution >= 0.6 is 0 Å². The van der Waals surface area contributed by atoms with Gasteiger partial charge < -0.3 is 14.2 Å². The molecule has 7 heteroatoms. The van der Waals surface area contributed by atoms with E-state index in [1.807, 2.05) is 6.92 Å². The summed E-state index contributed by atoms with van der Waals surface area (Å²) in [5.41, 5.74) is -0.0446. The Balaban J connectivity index is 1.60. The Morgan fingerprint density at radius 3 is 2.87 bits per heavy atom. The molecule has 2 aromatic rings. The molecule has 2 aliphatic heterocycles. The van der Waals surface area contributed by atoms with E-state index in [1.54, 1.807) is 4.90 Å². The topological polar surface area (TPSA) is 55.6 Å². The molecule has 5 nitrogen and oxygen atoms in total. The molecule has 0 aliphatic carbocycles. The van der Waals surface area contributed by atoms with E-state index >= 15 is 0 Å². The Morgan fingerprint density at radius 2 is 2.22 bits per heavy atom. The molecule has 1 amide bonds. The number of halogens is 2. The Bertz CT molecular complexity index is 791. The lowest BCUT2D eigenvalue weighted by Crippen LogP contribution is -2.44. The van der Waals surface area contributed by atoms with Crippen molar-refractivity contribution in [1.82, 2.24) is 10.1 Å². The molecular weight excluding hydrogens is 306 g/mol. The van der Waals surface area contributed by atoms with Gasteiger partial charge in [-0.3, -0.25) is 4.79 Å². The van der Waals surface area contributed by atoms with Gasteiger partial charge in [-0.15, -0.1) is 0 Å². The summed E-state index contributed by atoms with van der Waals surface area (Å²) in [5, 5.41) is 3.73. The molecule has 1 aromatic carbocycles. The summed E-state index contributed by atoms with van der Waals surface area (Å²) in [6, 6.07) is 4.58. The highest BCUT2D eigenvalue weighted by Gasteiger charge is 2.50. The number of hydrogen-bond acceptors (Lipinski definition) is 4. The fourth-order valence-corrected chi connectivity index (χ4v) is 3.29. The van der Waals surface area contributed by atoms with Gasteiger partial charge in [0.25, 0.3) is 5.91 Å². The highest BCUT2D eigenvalue weighted by Crippen LogP contribution is 2.38. The maximum Gasteiger partial charge on any atom is 0.292 e. The molecule has 120 valence electrons. The fraction of sp³-hybridized carbons (Fsp3) is 0.375. The number of fused-ring (bicyclic) bond motifs is 2. The first-order chi connectivity index (χ1) is 11.0. The van der Waals surface area contributed by atoms with Gasteiger partial charge >= 0.3 is 0 Å². The summed E-state index contributed by atoms with van der Waals surface area (Å²) in [7, 11) is 0. The molecular formula is C16H14F2N2O3. The molecule has 0 radical (unpaired) electrons. The summed E-state index contributed by atoms with van der Waals surface area (Å²) < 4.78 is 37.5. The van der Waals surface area contributed by atoms with Crippen LogP contribution in [0, 0.1) is 11.6 Å². The average molecular weight is 320 g/mol. The summed E-state index contributed by atoms with van der Waals surface area (Å²) in [5.74, 6) is -1.67. The second-order valence-corrected chi connectivity index (χ2v) is 6.25. The lowest BCUT2D eigenvalue weighted by Gasteiger charge is -2.29. The highest BCUT2D eigenvalue weighted by molar-refractivity contribution is 5.93. The monoisotopic (exact) mass is 320 g/mol. The number of likely N-dealkylation sites (tertiary alicyclic amines) is 1. The second kappa shape index (κ2) is 4.86. The largest absolute Gasteiger partial charge is 0.371 e. The van der Waals surface area contributed by atoms with E-state index < -0.39 is 11.6 Å². The zero-order valence-corrected chi connectivity index (χ0v) is 12.4. The first-order valence-corrected chi connectivity index (χ1v) is 7.32. The van der Waals surface area contributed by atoms with E-state index in [9.17, 15) is 13.6 Å². The Hall–Kier alpha value is -2.28. The average Bonchev–Trinajstić information content (AvgIpc) is 3.19. The molecule has 23 heavy (non-hydrogen) atoms. The van der Waals surface area contributed by atoms with Gasteiger partial charge in [0.05, 0.1) is 24.8 Å². The van der Waals surface area contributed by atoms with Crippen LogP contribution in [0.25, 0.3) is 11.3 Å². The molecule has 3 heterocycles. The quantitative estimate of drug-likeness (QED) is 0.853. The number of nitrogens with zero attached hydrogens (tertiary/aromatic N) is 2. The van der Waals surface area contributed by atoms with E-state index in [4.69, 9.17) is 9.26 Å². The number of ether oxygens (including phenoxy) is 1. The number of morpholine rings is 1. The van der Waals surface area contributed by atoms with Crippen molar-refractivity contribution >= 4 is 5.91 Å². The molecule has 0 spiro atoms. The van der Waals surface area contributed by atoms with E-state index in [1.165, 1.54) is 12.1 Å². The SMILES string of the molecule is CC12CC(CO1)N(C(=O)c1cc(-c3ccc(F)cc3F)no1)C2. The highest BCUT2D eigenvalue weighted by atomic mass is 19.1. The van der Waals surface area contributed by atoms with Gasteiger partial charge in [-0.25, -0.2) is 8.78 Å². The third-order valence-electron chi connectivity index (χ3n) is 4.43. The van der Waals surface area contributed by atoms with E-state index in [-0.39, 0.29) is 34.6 Å². The second-order valence-electron chi connectivity index (χ2n) is 6.25. The maximum absolute atomic E-state index is 13.8. The Morgan fingerprint density at radius 1 is 1.39 bits per heavy atom. The van der Waals surface area contributed by atoms with Crippen LogP contribution in [0.5, 0.6) is 0 Å². The molecule has 2 fully saturated rings. The van der Waals surface area contributed by atoms with Crippen molar-refractivity contribution < 1.29 is 22.8 Å². The van der Waals surface area contributed by atoms with Crippen molar-refractivity contribution in [2.75, 3.05) is 13.2 Å². The van der Waals surface area contributed by atoms with E-state index in [0.29, 0.717) is 13.2 Å². The van der Waals surface area contributed by atoms with Gasteiger partial charge in [0.2, 0.25) is 5.76 Å². The minimum Gasteiger partial charge on any atom is -0.371 e. The number of carbonyl (C=O) groups is 1. The first kappa shape index (κ1) is 14.3. The van der Waals surface area contributed by atoms with Crippen LogP contribution in [0.15, 0.2) is 28.8 Å². The number of aromatic nitrogens is 1. The van der Waals surface area contributed by atoms with Crippen molar-refractivity contribution in [3.05, 3.63) is 41.7 Å². The van der Waals surface area contributed by atoms with Crippen molar-refractivity contribution in [3.63, 3.8) is 0 Å². The van der Waals surface area contributed by atoms with Crippen molar-refractivity contribution in [3.8, 4) is 11.3 Å². The number of carbonyl (C=O) groups excluding carboxylic acids is 1. The van der Waals surface area contributed by atoms with Crippen LogP contribution in [-0.4, -0.2) is 40.8 Å². The number of benzene rings is 1. The van der Waals surface area contributed by atoms with Crippen molar-refractivity contribution in [2.45, 2.75) is 25.0 Å². The number of rotatable bonds is 2. The minimum absolute atomic E-state index is 0.0311. The van der Waals surface area contributed by atoms with Gasteiger partial charge in [0.1, 0.15) is 17.3 Å². The molecule has 0 N–H and O–H groups in total. The van der Waals surface area contributed by atoms with Crippen LogP contribution in [0.4, 0.5) is 8.78 Å². The molecule has 1 aromatic heterocycles. The van der Waals surface area contributed by atoms with Crippen LogP contribution < -0.4 is 0 Å². The van der Waals surface area contributed by atoms with Crippen molar-refractivity contribution in [2.24, 2.45) is 0 Å². The summed E-state index contributed by atoms with van der Waals surface area (Å²) in [4.78, 5) is 14.2. The summed E-state index contributed by atoms with van der Waals surface area (Å²) in [6.45, 7) is 2.98. The predicted octanol–water partition coefficient (Wildman–Crippen LogP) is 2.62. The van der Waals surface area contributed by atoms with Crippen LogP contribution in [-0.2, 0) is 4.74 Å². The Labute approximate surface area is 130 Å². The minimum atomic E-state index is -0.751. The van der Waals surface area contributed by atoms with Gasteiger partial charge in [-0.05, 0) is 19.1 Å². The molecule has 0 saturated carbocycles. The molecule has 4 rings (SSSR count). The lowest BCUT2D eigenvalue weighted by atomic mass is 10.1. The van der Waals surface area contributed by atoms with Crippen LogP contribution in [0.1, 0.15) is 23.9 Å². The number of amides is 1. The van der Waals surface area contributed by atoms with E-state index in [0.717, 1.165) is 18.6 Å².